The molecule has 1 fully saturated rings. The van der Waals surface area contributed by atoms with Crippen LogP contribution >= 0.6 is 0 Å². The van der Waals surface area contributed by atoms with Gasteiger partial charge in [0.1, 0.15) is 0 Å². The summed E-state index contributed by atoms with van der Waals surface area (Å²) in [6.45, 7) is 6.57. The van der Waals surface area contributed by atoms with E-state index in [1.807, 2.05) is 19.1 Å². The second-order valence-corrected chi connectivity index (χ2v) is 7.59. The lowest BCUT2D eigenvalue weighted by atomic mass is 9.89. The standard InChI is InChI=1S/C23H30N2O3/c1-2-28-18-22-6-4-3-5-21(22)10-7-19-13-15-24(16-14-19)17-20-8-11-23(12-9-20)25(26)27/h3-6,8-9,11-12,19H,2,7,10,13-18H2,1H3. The quantitative estimate of drug-likeness (QED) is 0.453. The first kappa shape index (κ1) is 20.5. The number of likely N-dealkylation sites (tertiary alicyclic amines) is 1. The Balaban J connectivity index is 1.44. The summed E-state index contributed by atoms with van der Waals surface area (Å²) in [4.78, 5) is 12.9. The third-order valence-electron chi connectivity index (χ3n) is 5.66. The summed E-state index contributed by atoms with van der Waals surface area (Å²) < 4.78 is 5.60. The number of piperidine rings is 1. The number of nitrogens with zero attached hydrogens (tertiary/aromatic N) is 2. The van der Waals surface area contributed by atoms with Crippen molar-refractivity contribution >= 4 is 5.69 Å². The molecule has 0 bridgehead atoms. The molecule has 150 valence electrons. The second-order valence-electron chi connectivity index (χ2n) is 7.59. The molecule has 2 aromatic rings. The van der Waals surface area contributed by atoms with Crippen LogP contribution in [0.3, 0.4) is 0 Å². The Morgan fingerprint density at radius 2 is 1.75 bits per heavy atom. The summed E-state index contributed by atoms with van der Waals surface area (Å²) in [7, 11) is 0. The van der Waals surface area contributed by atoms with Gasteiger partial charge < -0.3 is 4.74 Å². The molecule has 1 heterocycles. The highest BCUT2D eigenvalue weighted by molar-refractivity contribution is 5.32. The fourth-order valence-electron chi connectivity index (χ4n) is 3.93. The predicted octanol–water partition coefficient (Wildman–Crippen LogP) is 4.98. The fraction of sp³-hybridized carbons (Fsp3) is 0.478. The highest BCUT2D eigenvalue weighted by Gasteiger charge is 2.19. The molecular weight excluding hydrogens is 352 g/mol. The number of hydrogen-bond acceptors (Lipinski definition) is 4. The van der Waals surface area contributed by atoms with Crippen LogP contribution < -0.4 is 0 Å². The molecule has 2 aromatic carbocycles. The number of aryl methyl sites for hydroxylation is 1. The van der Waals surface area contributed by atoms with Crippen molar-refractivity contribution in [2.45, 2.75) is 45.8 Å². The van der Waals surface area contributed by atoms with E-state index in [0.29, 0.717) is 6.61 Å². The van der Waals surface area contributed by atoms with E-state index in [1.54, 1.807) is 12.1 Å². The first-order valence-electron chi connectivity index (χ1n) is 10.3. The molecule has 1 aliphatic rings. The van der Waals surface area contributed by atoms with Crippen molar-refractivity contribution in [3.05, 3.63) is 75.3 Å². The molecule has 28 heavy (non-hydrogen) atoms. The van der Waals surface area contributed by atoms with E-state index in [-0.39, 0.29) is 10.6 Å². The maximum atomic E-state index is 10.8. The van der Waals surface area contributed by atoms with Gasteiger partial charge in [0.25, 0.3) is 5.69 Å². The molecule has 0 N–H and O–H groups in total. The Labute approximate surface area is 167 Å². The van der Waals surface area contributed by atoms with Crippen molar-refractivity contribution in [2.24, 2.45) is 5.92 Å². The van der Waals surface area contributed by atoms with Gasteiger partial charge in [-0.15, -0.1) is 0 Å². The second kappa shape index (κ2) is 10.3. The number of benzene rings is 2. The summed E-state index contributed by atoms with van der Waals surface area (Å²) in [5.41, 5.74) is 4.05. The van der Waals surface area contributed by atoms with Gasteiger partial charge in [-0.05, 0) is 68.3 Å². The number of hydrogen-bond donors (Lipinski definition) is 0. The van der Waals surface area contributed by atoms with Crippen LogP contribution in [0, 0.1) is 16.0 Å². The first-order chi connectivity index (χ1) is 13.7. The topological polar surface area (TPSA) is 55.6 Å². The minimum Gasteiger partial charge on any atom is -0.377 e. The molecule has 5 nitrogen and oxygen atoms in total. The number of rotatable bonds is 9. The van der Waals surface area contributed by atoms with Crippen LogP contribution in [-0.4, -0.2) is 29.5 Å². The van der Waals surface area contributed by atoms with Crippen LogP contribution in [0.4, 0.5) is 5.69 Å². The van der Waals surface area contributed by atoms with Gasteiger partial charge >= 0.3 is 0 Å². The highest BCUT2D eigenvalue weighted by atomic mass is 16.6. The third kappa shape index (κ3) is 5.88. The molecule has 0 spiro atoms. The van der Waals surface area contributed by atoms with Crippen molar-refractivity contribution in [2.75, 3.05) is 19.7 Å². The largest absolute Gasteiger partial charge is 0.377 e. The highest BCUT2D eigenvalue weighted by Crippen LogP contribution is 2.25. The van der Waals surface area contributed by atoms with Crippen LogP contribution in [0.2, 0.25) is 0 Å². The number of nitro benzene ring substituents is 1. The van der Waals surface area contributed by atoms with Gasteiger partial charge in [-0.3, -0.25) is 15.0 Å². The zero-order valence-corrected chi connectivity index (χ0v) is 16.7. The van der Waals surface area contributed by atoms with E-state index in [0.717, 1.165) is 44.1 Å². The molecule has 0 saturated carbocycles. The summed E-state index contributed by atoms with van der Waals surface area (Å²) in [6.07, 6.45) is 4.80. The lowest BCUT2D eigenvalue weighted by Crippen LogP contribution is -2.33. The number of ether oxygens (including phenoxy) is 1. The zero-order valence-electron chi connectivity index (χ0n) is 16.7. The molecule has 0 aromatic heterocycles. The molecular formula is C23H30N2O3. The van der Waals surface area contributed by atoms with Gasteiger partial charge in [-0.2, -0.15) is 0 Å². The molecule has 3 rings (SSSR count). The van der Waals surface area contributed by atoms with Gasteiger partial charge in [-0.1, -0.05) is 36.4 Å². The maximum Gasteiger partial charge on any atom is 0.269 e. The van der Waals surface area contributed by atoms with E-state index in [1.165, 1.54) is 30.4 Å². The van der Waals surface area contributed by atoms with Gasteiger partial charge in [0.15, 0.2) is 0 Å². The monoisotopic (exact) mass is 382 g/mol. The fourth-order valence-corrected chi connectivity index (χ4v) is 3.93. The smallest absolute Gasteiger partial charge is 0.269 e. The van der Waals surface area contributed by atoms with Crippen molar-refractivity contribution in [1.82, 2.24) is 4.90 Å². The summed E-state index contributed by atoms with van der Waals surface area (Å²) in [5.74, 6) is 0.772. The third-order valence-corrected chi connectivity index (χ3v) is 5.66. The average molecular weight is 383 g/mol. The number of non-ortho nitro benzene ring substituents is 1. The van der Waals surface area contributed by atoms with Gasteiger partial charge in [-0.25, -0.2) is 0 Å². The SMILES string of the molecule is CCOCc1ccccc1CCC1CCN(Cc2ccc([N+](=O)[O-])cc2)CC1. The molecule has 1 aliphatic heterocycles. The van der Waals surface area contributed by atoms with Crippen LogP contribution in [0.1, 0.15) is 42.9 Å². The Kier molecular flexibility index (Phi) is 7.57. The summed E-state index contributed by atoms with van der Waals surface area (Å²) in [6, 6.07) is 15.6. The molecule has 0 unspecified atom stereocenters. The minimum absolute atomic E-state index is 0.159. The summed E-state index contributed by atoms with van der Waals surface area (Å²) >= 11 is 0. The lowest BCUT2D eigenvalue weighted by Gasteiger charge is -2.32. The molecule has 1 saturated heterocycles. The molecule has 0 radical (unpaired) electrons. The molecule has 5 heteroatoms. The first-order valence-corrected chi connectivity index (χ1v) is 10.3. The Hall–Kier alpha value is -2.24. The molecule has 0 atom stereocenters. The zero-order chi connectivity index (χ0) is 19.8. The van der Waals surface area contributed by atoms with Crippen LogP contribution in [0.25, 0.3) is 0 Å². The Morgan fingerprint density at radius 1 is 1.07 bits per heavy atom. The Bertz CT molecular complexity index is 753. The van der Waals surface area contributed by atoms with Crippen molar-refractivity contribution < 1.29 is 9.66 Å². The van der Waals surface area contributed by atoms with Gasteiger partial charge in [0, 0.05) is 25.3 Å². The van der Waals surface area contributed by atoms with E-state index in [2.05, 4.69) is 29.2 Å². The average Bonchev–Trinajstić information content (AvgIpc) is 2.73. The predicted molar refractivity (Wildman–Crippen MR) is 111 cm³/mol. The molecule has 0 aliphatic carbocycles. The van der Waals surface area contributed by atoms with Crippen LogP contribution in [0.5, 0.6) is 0 Å². The normalized spacial score (nSPS) is 15.6. The van der Waals surface area contributed by atoms with Crippen molar-refractivity contribution in [1.29, 1.82) is 0 Å². The van der Waals surface area contributed by atoms with Crippen LogP contribution in [0.15, 0.2) is 48.5 Å². The van der Waals surface area contributed by atoms with E-state index in [9.17, 15) is 10.1 Å². The van der Waals surface area contributed by atoms with E-state index in [4.69, 9.17) is 4.74 Å². The van der Waals surface area contributed by atoms with Crippen molar-refractivity contribution in [3.8, 4) is 0 Å². The molecule has 0 amide bonds. The lowest BCUT2D eigenvalue weighted by molar-refractivity contribution is -0.384. The van der Waals surface area contributed by atoms with E-state index >= 15 is 0 Å². The van der Waals surface area contributed by atoms with Gasteiger partial charge in [0.2, 0.25) is 0 Å². The van der Waals surface area contributed by atoms with Crippen molar-refractivity contribution in [3.63, 3.8) is 0 Å². The minimum atomic E-state index is -0.345. The Morgan fingerprint density at radius 3 is 2.39 bits per heavy atom. The summed E-state index contributed by atoms with van der Waals surface area (Å²) in [5, 5.41) is 10.8. The maximum absolute atomic E-state index is 10.8. The number of nitro groups is 1. The van der Waals surface area contributed by atoms with Crippen LogP contribution in [-0.2, 0) is 24.3 Å². The van der Waals surface area contributed by atoms with Gasteiger partial charge in [0.05, 0.1) is 11.5 Å². The van der Waals surface area contributed by atoms with E-state index < -0.39 is 0 Å².